The van der Waals surface area contributed by atoms with E-state index in [1.54, 1.807) is 19.2 Å². The first-order valence-corrected chi connectivity index (χ1v) is 4.33. The van der Waals surface area contributed by atoms with Crippen LogP contribution in [0.3, 0.4) is 0 Å². The first kappa shape index (κ1) is 11.1. The first-order chi connectivity index (χ1) is 7.15. The molecule has 0 saturated heterocycles. The molecule has 0 fully saturated rings. The molecule has 80 valence electrons. The van der Waals surface area contributed by atoms with Crippen LogP contribution >= 0.6 is 0 Å². The van der Waals surface area contributed by atoms with Crippen LogP contribution in [-0.4, -0.2) is 23.5 Å². The van der Waals surface area contributed by atoms with E-state index in [1.807, 2.05) is 0 Å². The number of likely N-dealkylation sites (N-methyl/N-ethyl adjacent to an activating group) is 1. The highest BCUT2D eigenvalue weighted by Gasteiger charge is 2.07. The molecule has 0 atom stereocenters. The minimum Gasteiger partial charge on any atom is -0.322 e. The summed E-state index contributed by atoms with van der Waals surface area (Å²) in [5, 5.41) is 13.3. The van der Waals surface area contributed by atoms with Crippen molar-refractivity contribution in [1.29, 1.82) is 0 Å². The van der Waals surface area contributed by atoms with E-state index in [4.69, 9.17) is 0 Å². The van der Waals surface area contributed by atoms with Gasteiger partial charge in [-0.25, -0.2) is 0 Å². The molecule has 1 aromatic heterocycles. The zero-order valence-corrected chi connectivity index (χ0v) is 8.19. The predicted octanol–water partition coefficient (Wildman–Crippen LogP) is 0.516. The number of aromatic nitrogens is 1. The van der Waals surface area contributed by atoms with Gasteiger partial charge in [-0.05, 0) is 7.05 Å². The van der Waals surface area contributed by atoms with E-state index in [-0.39, 0.29) is 16.8 Å². The average Bonchev–Trinajstić information content (AvgIpc) is 2.20. The third kappa shape index (κ3) is 3.03. The topological polar surface area (TPSA) is 88.0 Å². The highest BCUT2D eigenvalue weighted by atomic mass is 16.6. The smallest absolute Gasteiger partial charge is 0.286 e. The number of hydrogen-bond acceptors (Lipinski definition) is 4. The molecule has 0 aliphatic heterocycles. The van der Waals surface area contributed by atoms with Crippen molar-refractivity contribution in [2.45, 2.75) is 0 Å². The van der Waals surface area contributed by atoms with Crippen LogP contribution in [-0.2, 0) is 0 Å². The molecule has 1 rings (SSSR count). The molecule has 0 amide bonds. The number of rotatable bonds is 4. The summed E-state index contributed by atoms with van der Waals surface area (Å²) in [6.07, 6.45) is 4.34. The molecule has 0 bridgehead atoms. The van der Waals surface area contributed by atoms with Crippen LogP contribution in [0.1, 0.15) is 5.56 Å². The minimum atomic E-state index is -0.550. The fourth-order valence-electron chi connectivity index (χ4n) is 1.02. The molecule has 0 spiro atoms. The summed E-state index contributed by atoms with van der Waals surface area (Å²) in [4.78, 5) is 23.4. The zero-order valence-electron chi connectivity index (χ0n) is 8.19. The lowest BCUT2D eigenvalue weighted by Gasteiger charge is -1.93. The van der Waals surface area contributed by atoms with Crippen LogP contribution in [0.15, 0.2) is 23.1 Å². The van der Waals surface area contributed by atoms with Crippen LogP contribution in [0.25, 0.3) is 6.08 Å². The molecule has 1 heterocycles. The van der Waals surface area contributed by atoms with Gasteiger partial charge < -0.3 is 10.3 Å². The van der Waals surface area contributed by atoms with Gasteiger partial charge in [0.2, 0.25) is 0 Å². The standard InChI is InChI=1S/C9H11N3O3/c1-10-4-2-3-7-5-8(12(14)15)6-11-9(7)13/h2-3,5-6,10H,4H2,1H3,(H,11,13). The molecule has 6 heteroatoms. The van der Waals surface area contributed by atoms with Crippen LogP contribution in [0.5, 0.6) is 0 Å². The Kier molecular flexibility index (Phi) is 3.75. The van der Waals surface area contributed by atoms with Crippen molar-refractivity contribution in [2.24, 2.45) is 0 Å². The molecule has 0 saturated carbocycles. The highest BCUT2D eigenvalue weighted by molar-refractivity contribution is 5.51. The number of nitrogens with one attached hydrogen (secondary N) is 2. The largest absolute Gasteiger partial charge is 0.322 e. The van der Waals surface area contributed by atoms with Crippen molar-refractivity contribution in [3.63, 3.8) is 0 Å². The van der Waals surface area contributed by atoms with E-state index in [0.29, 0.717) is 6.54 Å². The van der Waals surface area contributed by atoms with Gasteiger partial charge in [-0.15, -0.1) is 0 Å². The van der Waals surface area contributed by atoms with E-state index in [9.17, 15) is 14.9 Å². The van der Waals surface area contributed by atoms with Gasteiger partial charge in [-0.2, -0.15) is 0 Å². The summed E-state index contributed by atoms with van der Waals surface area (Å²) < 4.78 is 0. The van der Waals surface area contributed by atoms with Gasteiger partial charge in [0.25, 0.3) is 11.2 Å². The molecule has 0 aliphatic rings. The summed E-state index contributed by atoms with van der Waals surface area (Å²) in [6.45, 7) is 0.599. The third-order valence-corrected chi connectivity index (χ3v) is 1.75. The number of pyridine rings is 1. The molecule has 15 heavy (non-hydrogen) atoms. The number of H-pyrrole nitrogens is 1. The van der Waals surface area contributed by atoms with E-state index in [0.717, 1.165) is 6.20 Å². The van der Waals surface area contributed by atoms with Crippen LogP contribution < -0.4 is 10.9 Å². The van der Waals surface area contributed by atoms with Gasteiger partial charge >= 0.3 is 0 Å². The summed E-state index contributed by atoms with van der Waals surface area (Å²) in [6, 6.07) is 1.24. The number of nitro groups is 1. The lowest BCUT2D eigenvalue weighted by atomic mass is 10.2. The molecule has 6 nitrogen and oxygen atoms in total. The Hall–Kier alpha value is -1.95. The Balaban J connectivity index is 3.00. The number of nitrogens with zero attached hydrogens (tertiary/aromatic N) is 1. The Morgan fingerprint density at radius 1 is 1.67 bits per heavy atom. The SMILES string of the molecule is CNCC=Cc1cc([N+](=O)[O-])c[nH]c1=O. The minimum absolute atomic E-state index is 0.126. The van der Waals surface area contributed by atoms with Gasteiger partial charge in [0.05, 0.1) is 11.1 Å². The molecular formula is C9H11N3O3. The van der Waals surface area contributed by atoms with E-state index < -0.39 is 4.92 Å². The van der Waals surface area contributed by atoms with Gasteiger partial charge in [0.1, 0.15) is 0 Å². The lowest BCUT2D eigenvalue weighted by molar-refractivity contribution is -0.385. The second-order valence-electron chi connectivity index (χ2n) is 2.86. The van der Waals surface area contributed by atoms with Crippen LogP contribution in [0.4, 0.5) is 5.69 Å². The summed E-state index contributed by atoms with van der Waals surface area (Å²) in [7, 11) is 1.77. The van der Waals surface area contributed by atoms with Crippen LogP contribution in [0, 0.1) is 10.1 Å². The Morgan fingerprint density at radius 2 is 2.40 bits per heavy atom. The molecule has 1 aromatic rings. The molecule has 0 aliphatic carbocycles. The number of hydrogen-bond donors (Lipinski definition) is 2. The Morgan fingerprint density at radius 3 is 3.00 bits per heavy atom. The fourth-order valence-corrected chi connectivity index (χ4v) is 1.02. The van der Waals surface area contributed by atoms with Gasteiger partial charge in [0.15, 0.2) is 0 Å². The molecular weight excluding hydrogens is 198 g/mol. The van der Waals surface area contributed by atoms with Gasteiger partial charge in [-0.1, -0.05) is 12.2 Å². The quantitative estimate of drug-likeness (QED) is 0.558. The Bertz CT molecular complexity index is 436. The molecule has 0 aromatic carbocycles. The van der Waals surface area contributed by atoms with Crippen molar-refractivity contribution in [1.82, 2.24) is 10.3 Å². The zero-order chi connectivity index (χ0) is 11.3. The van der Waals surface area contributed by atoms with Crippen molar-refractivity contribution < 1.29 is 4.92 Å². The summed E-state index contributed by atoms with van der Waals surface area (Å²) >= 11 is 0. The van der Waals surface area contributed by atoms with E-state index >= 15 is 0 Å². The first-order valence-electron chi connectivity index (χ1n) is 4.33. The maximum Gasteiger partial charge on any atom is 0.286 e. The average molecular weight is 209 g/mol. The lowest BCUT2D eigenvalue weighted by Crippen LogP contribution is -2.10. The van der Waals surface area contributed by atoms with Crippen LogP contribution in [0.2, 0.25) is 0 Å². The normalized spacial score (nSPS) is 10.7. The van der Waals surface area contributed by atoms with Crippen molar-refractivity contribution in [3.8, 4) is 0 Å². The van der Waals surface area contributed by atoms with E-state index in [2.05, 4.69) is 10.3 Å². The summed E-state index contributed by atoms with van der Waals surface area (Å²) in [5.41, 5.74) is -0.189. The maximum absolute atomic E-state index is 11.2. The maximum atomic E-state index is 11.2. The second kappa shape index (κ2) is 5.06. The van der Waals surface area contributed by atoms with Gasteiger partial charge in [-0.3, -0.25) is 14.9 Å². The molecule has 0 radical (unpaired) electrons. The van der Waals surface area contributed by atoms with Crippen molar-refractivity contribution in [2.75, 3.05) is 13.6 Å². The Labute approximate surface area is 85.8 Å². The number of aromatic amines is 1. The summed E-state index contributed by atoms with van der Waals surface area (Å²) in [5.74, 6) is 0. The monoisotopic (exact) mass is 209 g/mol. The van der Waals surface area contributed by atoms with Crippen molar-refractivity contribution in [3.05, 3.63) is 44.4 Å². The van der Waals surface area contributed by atoms with E-state index in [1.165, 1.54) is 6.07 Å². The molecule has 2 N–H and O–H groups in total. The van der Waals surface area contributed by atoms with Crippen molar-refractivity contribution >= 4 is 11.8 Å². The highest BCUT2D eigenvalue weighted by Crippen LogP contribution is 2.08. The predicted molar refractivity (Wildman–Crippen MR) is 56.7 cm³/mol. The second-order valence-corrected chi connectivity index (χ2v) is 2.86. The molecule has 0 unspecified atom stereocenters. The fraction of sp³-hybridized carbons (Fsp3) is 0.222. The van der Waals surface area contributed by atoms with Gasteiger partial charge in [0, 0.05) is 18.2 Å². The third-order valence-electron chi connectivity index (χ3n) is 1.75.